The standard InChI is InChI=1S/C22H24N6O/c1-12-7-13(2)26-22(25-12)28-18-5-3-14(21(24)29)8-15(18)9-20(28)17-10-16-4-6-19(17)27(16)11-23/h3,5,7-8,16-17,19-20H,4,6,9-10H2,1-2H3,(H2,24,29). The number of anilines is 2. The summed E-state index contributed by atoms with van der Waals surface area (Å²) in [6.45, 7) is 3.96. The highest BCUT2D eigenvalue weighted by Crippen LogP contribution is 2.49. The van der Waals surface area contributed by atoms with Gasteiger partial charge in [0, 0.05) is 46.7 Å². The molecule has 0 saturated carbocycles. The smallest absolute Gasteiger partial charge is 0.248 e. The normalized spacial score (nSPS) is 27.2. The topological polar surface area (TPSA) is 99.1 Å². The molecule has 1 aromatic carbocycles. The highest BCUT2D eigenvalue weighted by molar-refractivity contribution is 5.94. The first-order valence-electron chi connectivity index (χ1n) is 10.2. The lowest BCUT2D eigenvalue weighted by Gasteiger charge is -2.34. The summed E-state index contributed by atoms with van der Waals surface area (Å²) in [7, 11) is 0. The van der Waals surface area contributed by atoms with E-state index in [4.69, 9.17) is 15.7 Å². The van der Waals surface area contributed by atoms with Gasteiger partial charge in [0.2, 0.25) is 11.9 Å². The van der Waals surface area contributed by atoms with Gasteiger partial charge in [-0.1, -0.05) is 0 Å². The highest BCUT2D eigenvalue weighted by atomic mass is 16.1. The van der Waals surface area contributed by atoms with Crippen LogP contribution in [0.2, 0.25) is 0 Å². The van der Waals surface area contributed by atoms with E-state index in [1.807, 2.05) is 36.9 Å². The largest absolute Gasteiger partial charge is 0.366 e. The van der Waals surface area contributed by atoms with Crippen LogP contribution < -0.4 is 10.6 Å². The number of hydrogen-bond donors (Lipinski definition) is 1. The second-order valence-electron chi connectivity index (χ2n) is 8.51. The minimum atomic E-state index is -0.416. The van der Waals surface area contributed by atoms with E-state index in [1.165, 1.54) is 0 Å². The number of nitrogens with zero attached hydrogens (tertiary/aromatic N) is 5. The van der Waals surface area contributed by atoms with Gasteiger partial charge in [-0.15, -0.1) is 0 Å². The Kier molecular flexibility index (Phi) is 3.98. The summed E-state index contributed by atoms with van der Waals surface area (Å²) in [5.74, 6) is 0.646. The van der Waals surface area contributed by atoms with Crippen LogP contribution in [0.3, 0.4) is 0 Å². The molecule has 7 heteroatoms. The molecule has 5 rings (SSSR count). The maximum atomic E-state index is 11.7. The lowest BCUT2D eigenvalue weighted by Crippen LogP contribution is -2.41. The molecule has 0 radical (unpaired) electrons. The van der Waals surface area contributed by atoms with Gasteiger partial charge in [-0.25, -0.2) is 9.97 Å². The first-order valence-corrected chi connectivity index (χ1v) is 10.2. The van der Waals surface area contributed by atoms with Crippen LogP contribution >= 0.6 is 0 Å². The van der Waals surface area contributed by atoms with Gasteiger partial charge >= 0.3 is 0 Å². The number of aryl methyl sites for hydroxylation is 2. The van der Waals surface area contributed by atoms with Crippen LogP contribution in [0.15, 0.2) is 24.3 Å². The summed E-state index contributed by atoms with van der Waals surface area (Å²) in [6.07, 6.45) is 6.40. The fourth-order valence-corrected chi connectivity index (χ4v) is 5.65. The van der Waals surface area contributed by atoms with Crippen molar-refractivity contribution in [2.45, 2.75) is 57.7 Å². The molecule has 2 fully saturated rings. The second kappa shape index (κ2) is 6.45. The number of amides is 1. The quantitative estimate of drug-likeness (QED) is 0.812. The van der Waals surface area contributed by atoms with Gasteiger partial charge in [0.1, 0.15) is 0 Å². The number of nitrogens with two attached hydrogens (primary N) is 1. The molecule has 148 valence electrons. The second-order valence-corrected chi connectivity index (χ2v) is 8.51. The van der Waals surface area contributed by atoms with Crippen molar-refractivity contribution < 1.29 is 4.79 Å². The fraction of sp³-hybridized carbons (Fsp3) is 0.455. The van der Waals surface area contributed by atoms with Crippen LogP contribution in [0, 0.1) is 31.2 Å². The lowest BCUT2D eigenvalue weighted by atomic mass is 9.82. The number of hydrogen-bond acceptors (Lipinski definition) is 6. The van der Waals surface area contributed by atoms with E-state index in [2.05, 4.69) is 11.1 Å². The average molecular weight is 388 g/mol. The Hall–Kier alpha value is -3.14. The van der Waals surface area contributed by atoms with E-state index in [1.54, 1.807) is 6.07 Å². The number of primary amides is 1. The molecular formula is C22H24N6O. The van der Waals surface area contributed by atoms with Gasteiger partial charge < -0.3 is 15.5 Å². The summed E-state index contributed by atoms with van der Waals surface area (Å²) in [6, 6.07) is 8.41. The number of aromatic nitrogens is 2. The van der Waals surface area contributed by atoms with Crippen molar-refractivity contribution in [1.29, 1.82) is 5.26 Å². The van der Waals surface area contributed by atoms with Gasteiger partial charge in [0.25, 0.3) is 0 Å². The molecule has 3 aliphatic heterocycles. The molecule has 2 saturated heterocycles. The number of carbonyl (C=O) groups is 1. The fourth-order valence-electron chi connectivity index (χ4n) is 5.65. The molecule has 2 aromatic rings. The number of nitriles is 1. The predicted octanol–water partition coefficient (Wildman–Crippen LogP) is 2.59. The molecular weight excluding hydrogens is 364 g/mol. The molecule has 2 N–H and O–H groups in total. The summed E-state index contributed by atoms with van der Waals surface area (Å²) >= 11 is 0. The summed E-state index contributed by atoms with van der Waals surface area (Å²) in [5, 5.41) is 9.62. The van der Waals surface area contributed by atoms with Crippen LogP contribution in [0.25, 0.3) is 0 Å². The van der Waals surface area contributed by atoms with E-state index in [9.17, 15) is 10.1 Å². The SMILES string of the molecule is Cc1cc(C)nc(N2c3ccc(C(N)=O)cc3CC2C2CC3CCC2N3C#N)n1. The van der Waals surface area contributed by atoms with Crippen molar-refractivity contribution >= 4 is 17.5 Å². The van der Waals surface area contributed by atoms with Crippen molar-refractivity contribution in [3.8, 4) is 6.19 Å². The zero-order chi connectivity index (χ0) is 20.3. The van der Waals surface area contributed by atoms with E-state index < -0.39 is 5.91 Å². The molecule has 4 heterocycles. The maximum absolute atomic E-state index is 11.7. The molecule has 0 aliphatic carbocycles. The summed E-state index contributed by atoms with van der Waals surface area (Å²) < 4.78 is 0. The molecule has 1 amide bonds. The Morgan fingerprint density at radius 3 is 2.59 bits per heavy atom. The minimum absolute atomic E-state index is 0.167. The van der Waals surface area contributed by atoms with Crippen LogP contribution in [-0.4, -0.2) is 38.9 Å². The first-order chi connectivity index (χ1) is 14.0. The van der Waals surface area contributed by atoms with Crippen LogP contribution in [0.4, 0.5) is 11.6 Å². The molecule has 7 nitrogen and oxygen atoms in total. The zero-order valence-corrected chi connectivity index (χ0v) is 16.7. The van der Waals surface area contributed by atoms with E-state index >= 15 is 0 Å². The molecule has 1 aromatic heterocycles. The number of rotatable bonds is 3. The summed E-state index contributed by atoms with van der Waals surface area (Å²) in [5.41, 5.74) is 10.0. The van der Waals surface area contributed by atoms with E-state index in [0.29, 0.717) is 23.5 Å². The van der Waals surface area contributed by atoms with Crippen molar-refractivity contribution in [1.82, 2.24) is 14.9 Å². The zero-order valence-electron chi connectivity index (χ0n) is 16.7. The molecule has 3 aliphatic rings. The first kappa shape index (κ1) is 17.9. The predicted molar refractivity (Wildman–Crippen MR) is 108 cm³/mol. The Balaban J connectivity index is 1.60. The van der Waals surface area contributed by atoms with Crippen LogP contribution in [-0.2, 0) is 6.42 Å². The maximum Gasteiger partial charge on any atom is 0.248 e. The van der Waals surface area contributed by atoms with Crippen molar-refractivity contribution in [3.63, 3.8) is 0 Å². The van der Waals surface area contributed by atoms with Crippen molar-refractivity contribution in [2.75, 3.05) is 4.90 Å². The molecule has 4 unspecified atom stereocenters. The third-order valence-electron chi connectivity index (χ3n) is 6.76. The molecule has 0 spiro atoms. The Labute approximate surface area is 170 Å². The van der Waals surface area contributed by atoms with Crippen LogP contribution in [0.1, 0.15) is 46.6 Å². The van der Waals surface area contributed by atoms with Gasteiger partial charge in [-0.05, 0) is 69.4 Å². The molecule has 29 heavy (non-hydrogen) atoms. The Morgan fingerprint density at radius 1 is 1.17 bits per heavy atom. The Morgan fingerprint density at radius 2 is 1.93 bits per heavy atom. The third kappa shape index (κ3) is 2.74. The van der Waals surface area contributed by atoms with Gasteiger partial charge in [-0.2, -0.15) is 5.26 Å². The van der Waals surface area contributed by atoms with Gasteiger partial charge in [0.05, 0.1) is 0 Å². The van der Waals surface area contributed by atoms with Crippen molar-refractivity contribution in [2.24, 2.45) is 11.7 Å². The van der Waals surface area contributed by atoms with Gasteiger partial charge in [-0.3, -0.25) is 4.79 Å². The van der Waals surface area contributed by atoms with E-state index in [0.717, 1.165) is 48.3 Å². The molecule has 2 bridgehead atoms. The van der Waals surface area contributed by atoms with E-state index in [-0.39, 0.29) is 12.1 Å². The lowest BCUT2D eigenvalue weighted by molar-refractivity contribution is 0.1000. The van der Waals surface area contributed by atoms with Crippen molar-refractivity contribution in [3.05, 3.63) is 46.8 Å². The molecule has 4 atom stereocenters. The van der Waals surface area contributed by atoms with Gasteiger partial charge in [0.15, 0.2) is 6.19 Å². The average Bonchev–Trinajstić information content (AvgIpc) is 3.36. The third-order valence-corrected chi connectivity index (χ3v) is 6.76. The summed E-state index contributed by atoms with van der Waals surface area (Å²) in [4.78, 5) is 25.4. The number of fused-ring (bicyclic) bond motifs is 3. The minimum Gasteiger partial charge on any atom is -0.366 e. The Bertz CT molecular complexity index is 1020. The highest BCUT2D eigenvalue weighted by Gasteiger charge is 2.52. The monoisotopic (exact) mass is 388 g/mol. The number of benzene rings is 1. The number of carbonyl (C=O) groups excluding carboxylic acids is 1. The van der Waals surface area contributed by atoms with Crippen LogP contribution in [0.5, 0.6) is 0 Å².